The summed E-state index contributed by atoms with van der Waals surface area (Å²) in [5.41, 5.74) is 1.31. The first-order valence-electron chi connectivity index (χ1n) is 6.24. The first kappa shape index (κ1) is 12.5. The highest BCUT2D eigenvalue weighted by Gasteiger charge is 2.25. The average molecular weight is 236 g/mol. The van der Waals surface area contributed by atoms with Crippen molar-refractivity contribution >= 4 is 0 Å². The molecule has 17 heavy (non-hydrogen) atoms. The number of rotatable bonds is 4. The zero-order valence-electron chi connectivity index (χ0n) is 10.6. The van der Waals surface area contributed by atoms with Crippen molar-refractivity contribution in [2.24, 2.45) is 0 Å². The first-order chi connectivity index (χ1) is 8.16. The summed E-state index contributed by atoms with van der Waals surface area (Å²) < 4.78 is 13.2. The molecule has 0 radical (unpaired) electrons. The van der Waals surface area contributed by atoms with Crippen LogP contribution in [-0.2, 0) is 0 Å². The second kappa shape index (κ2) is 5.61. The zero-order valence-corrected chi connectivity index (χ0v) is 10.6. The fourth-order valence-electron chi connectivity index (χ4n) is 2.44. The van der Waals surface area contributed by atoms with Gasteiger partial charge in [0.25, 0.3) is 0 Å². The van der Waals surface area contributed by atoms with Gasteiger partial charge in [-0.1, -0.05) is 30.3 Å². The lowest BCUT2D eigenvalue weighted by atomic mass is 10.1. The van der Waals surface area contributed by atoms with Gasteiger partial charge < -0.3 is 4.90 Å². The van der Waals surface area contributed by atoms with Gasteiger partial charge in [-0.25, -0.2) is 4.39 Å². The molecule has 1 aliphatic rings. The molecule has 1 aromatic carbocycles. The number of hydrogen-bond acceptors (Lipinski definition) is 2. The molecule has 2 nitrogen and oxygen atoms in total. The summed E-state index contributed by atoms with van der Waals surface area (Å²) in [5, 5.41) is 0. The number of benzene rings is 1. The Morgan fingerprint density at radius 1 is 1.35 bits per heavy atom. The first-order valence-corrected chi connectivity index (χ1v) is 6.24. The van der Waals surface area contributed by atoms with E-state index in [2.05, 4.69) is 48.2 Å². The third-order valence-corrected chi connectivity index (χ3v) is 3.45. The third-order valence-electron chi connectivity index (χ3n) is 3.45. The van der Waals surface area contributed by atoms with E-state index in [1.54, 1.807) is 0 Å². The summed E-state index contributed by atoms with van der Waals surface area (Å²) >= 11 is 0. The monoisotopic (exact) mass is 236 g/mol. The molecule has 0 aromatic heterocycles. The Morgan fingerprint density at radius 3 is 2.59 bits per heavy atom. The Hall–Kier alpha value is -0.930. The van der Waals surface area contributed by atoms with E-state index in [0.717, 1.165) is 13.1 Å². The standard InChI is InChI=1S/C14H21FN2/c1-16(2)14(12-6-4-3-5-7-12)11-17-9-8-13(15)10-17/h3-7,13-14H,8-11H2,1-2H3/t13-,14+/m0/s1. The molecule has 0 unspecified atom stereocenters. The normalized spacial score (nSPS) is 23.2. The lowest BCUT2D eigenvalue weighted by Gasteiger charge is -2.29. The van der Waals surface area contributed by atoms with Crippen molar-refractivity contribution in [3.63, 3.8) is 0 Å². The van der Waals surface area contributed by atoms with Crippen molar-refractivity contribution in [2.75, 3.05) is 33.7 Å². The zero-order chi connectivity index (χ0) is 12.3. The van der Waals surface area contributed by atoms with Crippen LogP contribution in [0.15, 0.2) is 30.3 Å². The highest BCUT2D eigenvalue weighted by Crippen LogP contribution is 2.22. The van der Waals surface area contributed by atoms with Crippen LogP contribution in [-0.4, -0.2) is 49.7 Å². The Morgan fingerprint density at radius 2 is 2.06 bits per heavy atom. The maximum atomic E-state index is 13.2. The van der Waals surface area contributed by atoms with E-state index in [4.69, 9.17) is 0 Å². The molecule has 1 saturated heterocycles. The smallest absolute Gasteiger partial charge is 0.114 e. The molecule has 0 bridgehead atoms. The van der Waals surface area contributed by atoms with Crippen LogP contribution in [0.1, 0.15) is 18.0 Å². The minimum atomic E-state index is -0.631. The van der Waals surface area contributed by atoms with Crippen molar-refractivity contribution in [2.45, 2.75) is 18.6 Å². The quantitative estimate of drug-likeness (QED) is 0.791. The molecular weight excluding hydrogens is 215 g/mol. The summed E-state index contributed by atoms with van der Waals surface area (Å²) in [6, 6.07) is 10.8. The summed E-state index contributed by atoms with van der Waals surface area (Å²) in [6.45, 7) is 2.40. The average Bonchev–Trinajstić information content (AvgIpc) is 2.73. The highest BCUT2D eigenvalue weighted by atomic mass is 19.1. The van der Waals surface area contributed by atoms with Crippen LogP contribution < -0.4 is 0 Å². The molecule has 1 fully saturated rings. The predicted molar refractivity (Wildman–Crippen MR) is 68.8 cm³/mol. The maximum Gasteiger partial charge on any atom is 0.114 e. The maximum absolute atomic E-state index is 13.2. The van der Waals surface area contributed by atoms with Gasteiger partial charge in [0.1, 0.15) is 6.17 Å². The van der Waals surface area contributed by atoms with Gasteiger partial charge in [-0.3, -0.25) is 4.90 Å². The van der Waals surface area contributed by atoms with Crippen LogP contribution in [0.3, 0.4) is 0 Å². The lowest BCUT2D eigenvalue weighted by molar-refractivity contribution is 0.199. The van der Waals surface area contributed by atoms with Crippen LogP contribution in [0.4, 0.5) is 4.39 Å². The molecule has 2 rings (SSSR count). The SMILES string of the molecule is CN(C)[C@H](CN1CC[C@H](F)C1)c1ccccc1. The van der Waals surface area contributed by atoms with Crippen molar-refractivity contribution in [3.8, 4) is 0 Å². The minimum Gasteiger partial charge on any atom is -0.301 e. The molecule has 1 heterocycles. The van der Waals surface area contributed by atoms with Gasteiger partial charge in [-0.05, 0) is 26.1 Å². The third kappa shape index (κ3) is 3.27. The van der Waals surface area contributed by atoms with Gasteiger partial charge in [0.2, 0.25) is 0 Å². The Kier molecular flexibility index (Phi) is 4.13. The van der Waals surface area contributed by atoms with E-state index in [1.165, 1.54) is 5.56 Å². The van der Waals surface area contributed by atoms with Crippen molar-refractivity contribution in [1.29, 1.82) is 0 Å². The van der Waals surface area contributed by atoms with Crippen molar-refractivity contribution < 1.29 is 4.39 Å². The Balaban J connectivity index is 2.03. The van der Waals surface area contributed by atoms with E-state index in [9.17, 15) is 4.39 Å². The number of alkyl halides is 1. The van der Waals surface area contributed by atoms with Crippen LogP contribution >= 0.6 is 0 Å². The molecule has 1 aliphatic heterocycles. The number of nitrogens with zero attached hydrogens (tertiary/aromatic N) is 2. The molecule has 3 heteroatoms. The van der Waals surface area contributed by atoms with Gasteiger partial charge in [0.05, 0.1) is 0 Å². The fraction of sp³-hybridized carbons (Fsp3) is 0.571. The second-order valence-corrected chi connectivity index (χ2v) is 5.04. The van der Waals surface area contributed by atoms with Crippen LogP contribution in [0.5, 0.6) is 0 Å². The van der Waals surface area contributed by atoms with Gasteiger partial charge in [0.15, 0.2) is 0 Å². The number of likely N-dealkylation sites (N-methyl/N-ethyl adjacent to an activating group) is 1. The molecule has 0 saturated carbocycles. The summed E-state index contributed by atoms with van der Waals surface area (Å²) in [6.07, 6.45) is 0.0585. The number of halogens is 1. The van der Waals surface area contributed by atoms with Crippen molar-refractivity contribution in [3.05, 3.63) is 35.9 Å². The highest BCUT2D eigenvalue weighted by molar-refractivity contribution is 5.19. The van der Waals surface area contributed by atoms with Crippen molar-refractivity contribution in [1.82, 2.24) is 9.80 Å². The van der Waals surface area contributed by atoms with E-state index in [0.29, 0.717) is 19.0 Å². The molecule has 0 aliphatic carbocycles. The summed E-state index contributed by atoms with van der Waals surface area (Å²) in [7, 11) is 4.17. The molecule has 94 valence electrons. The van der Waals surface area contributed by atoms with E-state index in [1.807, 2.05) is 6.07 Å². The van der Waals surface area contributed by atoms with E-state index >= 15 is 0 Å². The number of hydrogen-bond donors (Lipinski definition) is 0. The number of likely N-dealkylation sites (tertiary alicyclic amines) is 1. The van der Waals surface area contributed by atoms with Gasteiger partial charge >= 0.3 is 0 Å². The molecule has 0 N–H and O–H groups in total. The predicted octanol–water partition coefficient (Wildman–Crippen LogP) is 2.33. The fourth-order valence-corrected chi connectivity index (χ4v) is 2.44. The molecular formula is C14H21FN2. The summed E-state index contributed by atoms with van der Waals surface area (Å²) in [4.78, 5) is 4.43. The van der Waals surface area contributed by atoms with Crippen LogP contribution in [0, 0.1) is 0 Å². The van der Waals surface area contributed by atoms with Gasteiger partial charge in [0, 0.05) is 25.7 Å². The molecule has 0 amide bonds. The summed E-state index contributed by atoms with van der Waals surface area (Å²) in [5.74, 6) is 0. The Labute approximate surface area is 103 Å². The molecule has 1 aromatic rings. The largest absolute Gasteiger partial charge is 0.301 e. The van der Waals surface area contributed by atoms with Gasteiger partial charge in [-0.15, -0.1) is 0 Å². The van der Waals surface area contributed by atoms with E-state index < -0.39 is 6.17 Å². The molecule has 0 spiro atoms. The minimum absolute atomic E-state index is 0.349. The Bertz CT molecular complexity index is 339. The lowest BCUT2D eigenvalue weighted by Crippen LogP contribution is -2.33. The second-order valence-electron chi connectivity index (χ2n) is 5.04. The topological polar surface area (TPSA) is 6.48 Å². The van der Waals surface area contributed by atoms with Crippen LogP contribution in [0.25, 0.3) is 0 Å². The van der Waals surface area contributed by atoms with Crippen LogP contribution in [0.2, 0.25) is 0 Å². The molecule has 2 atom stereocenters. The van der Waals surface area contributed by atoms with E-state index in [-0.39, 0.29) is 0 Å². The van der Waals surface area contributed by atoms with Gasteiger partial charge in [-0.2, -0.15) is 0 Å².